The number of aromatic nitrogens is 2. The van der Waals surface area contributed by atoms with E-state index in [1.807, 2.05) is 77.1 Å². The molecular formula is C26H28BrN3O2S. The summed E-state index contributed by atoms with van der Waals surface area (Å²) in [5, 5.41) is 5.37. The minimum atomic E-state index is -1.27. The van der Waals surface area contributed by atoms with E-state index in [1.165, 1.54) is 0 Å². The summed E-state index contributed by atoms with van der Waals surface area (Å²) in [5.74, 6) is 0. The van der Waals surface area contributed by atoms with Crippen LogP contribution < -0.4 is 4.72 Å². The van der Waals surface area contributed by atoms with Crippen LogP contribution in [0.4, 0.5) is 0 Å². The van der Waals surface area contributed by atoms with E-state index < -0.39 is 16.1 Å². The number of rotatable bonds is 6. The highest BCUT2D eigenvalue weighted by Crippen LogP contribution is 2.35. The van der Waals surface area contributed by atoms with E-state index >= 15 is 0 Å². The van der Waals surface area contributed by atoms with Crippen molar-refractivity contribution in [1.82, 2.24) is 14.9 Å². The first-order valence-corrected chi connectivity index (χ1v) is 12.8. The van der Waals surface area contributed by atoms with Gasteiger partial charge < -0.3 is 9.08 Å². The van der Waals surface area contributed by atoms with Crippen molar-refractivity contribution in [3.63, 3.8) is 0 Å². The SMILES string of the molecule is Cc1ccc2c(-c3ccccc3[C@H](Cc3nc(Br)ccc3C)N[S+]([O-])C(C)(C)C)noc2c1. The fraction of sp³-hybridized carbons (Fsp3) is 0.308. The minimum Gasteiger partial charge on any atom is -0.598 e. The van der Waals surface area contributed by atoms with E-state index in [-0.39, 0.29) is 6.04 Å². The molecule has 7 heteroatoms. The fourth-order valence-corrected chi connectivity index (χ4v) is 4.89. The molecule has 0 amide bonds. The van der Waals surface area contributed by atoms with Crippen molar-refractivity contribution >= 4 is 38.3 Å². The molecule has 0 aliphatic heterocycles. The fourth-order valence-electron chi connectivity index (χ4n) is 3.72. The Morgan fingerprint density at radius 2 is 1.85 bits per heavy atom. The molecule has 172 valence electrons. The summed E-state index contributed by atoms with van der Waals surface area (Å²) < 4.78 is 22.6. The number of aryl methyl sites for hydroxylation is 2. The van der Waals surface area contributed by atoms with Gasteiger partial charge in [0.05, 0.1) is 6.04 Å². The lowest BCUT2D eigenvalue weighted by Crippen LogP contribution is -2.42. The quantitative estimate of drug-likeness (QED) is 0.226. The molecule has 0 aliphatic carbocycles. The molecule has 0 bridgehead atoms. The molecule has 0 aliphatic rings. The van der Waals surface area contributed by atoms with Crippen molar-refractivity contribution in [2.75, 3.05) is 0 Å². The highest BCUT2D eigenvalue weighted by molar-refractivity contribution is 9.10. The number of nitrogens with zero attached hydrogens (tertiary/aromatic N) is 2. The molecular weight excluding hydrogens is 498 g/mol. The summed E-state index contributed by atoms with van der Waals surface area (Å²) in [5.41, 5.74) is 6.66. The van der Waals surface area contributed by atoms with Crippen molar-refractivity contribution in [2.24, 2.45) is 0 Å². The van der Waals surface area contributed by atoms with Gasteiger partial charge in [-0.05, 0) is 85.4 Å². The Labute approximate surface area is 206 Å². The number of pyridine rings is 1. The van der Waals surface area contributed by atoms with Crippen molar-refractivity contribution < 1.29 is 9.08 Å². The van der Waals surface area contributed by atoms with Crippen LogP contribution in [0.2, 0.25) is 0 Å². The third kappa shape index (κ3) is 5.32. The first-order valence-electron chi connectivity index (χ1n) is 10.9. The summed E-state index contributed by atoms with van der Waals surface area (Å²) in [6.45, 7) is 9.98. The lowest BCUT2D eigenvalue weighted by molar-refractivity contribution is 0.459. The van der Waals surface area contributed by atoms with E-state index in [0.29, 0.717) is 6.42 Å². The highest BCUT2D eigenvalue weighted by atomic mass is 79.9. The number of hydrogen-bond acceptors (Lipinski definition) is 5. The van der Waals surface area contributed by atoms with Crippen molar-refractivity contribution in [2.45, 2.75) is 51.8 Å². The van der Waals surface area contributed by atoms with Gasteiger partial charge in [-0.3, -0.25) is 0 Å². The van der Waals surface area contributed by atoms with Crippen molar-refractivity contribution in [3.8, 4) is 11.3 Å². The van der Waals surface area contributed by atoms with Gasteiger partial charge in [0.2, 0.25) is 0 Å². The number of benzene rings is 2. The molecule has 5 nitrogen and oxygen atoms in total. The Kier molecular flexibility index (Phi) is 6.96. The predicted molar refractivity (Wildman–Crippen MR) is 138 cm³/mol. The first kappa shape index (κ1) is 24.0. The summed E-state index contributed by atoms with van der Waals surface area (Å²) in [6.07, 6.45) is 0.582. The van der Waals surface area contributed by atoms with E-state index in [1.54, 1.807) is 0 Å². The molecule has 1 N–H and O–H groups in total. The predicted octanol–water partition coefficient (Wildman–Crippen LogP) is 6.60. The van der Waals surface area contributed by atoms with Crippen LogP contribution in [0.15, 0.2) is 63.7 Å². The molecule has 1 unspecified atom stereocenters. The Hall–Kier alpha value is -2.19. The van der Waals surface area contributed by atoms with E-state index in [0.717, 1.165) is 49.2 Å². The molecule has 0 radical (unpaired) electrons. The average Bonchev–Trinajstić information content (AvgIpc) is 3.18. The van der Waals surface area contributed by atoms with Crippen LogP contribution >= 0.6 is 15.9 Å². The van der Waals surface area contributed by atoms with Gasteiger partial charge in [0.1, 0.15) is 15.0 Å². The zero-order chi connectivity index (χ0) is 23.8. The Balaban J connectivity index is 1.82. The number of hydrogen-bond donors (Lipinski definition) is 1. The molecule has 4 aromatic rings. The van der Waals surface area contributed by atoms with Gasteiger partial charge in [-0.25, -0.2) is 4.98 Å². The topological polar surface area (TPSA) is 74.0 Å². The molecule has 0 saturated heterocycles. The molecule has 4 rings (SSSR count). The monoisotopic (exact) mass is 525 g/mol. The molecule has 0 spiro atoms. The summed E-state index contributed by atoms with van der Waals surface area (Å²) >= 11 is 2.22. The number of nitrogens with one attached hydrogen (secondary N) is 1. The zero-order valence-electron chi connectivity index (χ0n) is 19.5. The summed E-state index contributed by atoms with van der Waals surface area (Å²) in [6, 6.07) is 17.9. The van der Waals surface area contributed by atoms with Gasteiger partial charge in [-0.15, -0.1) is 4.72 Å². The largest absolute Gasteiger partial charge is 0.598 e. The van der Waals surface area contributed by atoms with Crippen LogP contribution in [0, 0.1) is 13.8 Å². The maximum atomic E-state index is 13.2. The zero-order valence-corrected chi connectivity index (χ0v) is 21.9. The molecule has 2 atom stereocenters. The number of fused-ring (bicyclic) bond motifs is 1. The second-order valence-corrected chi connectivity index (χ2v) is 12.1. The average molecular weight is 527 g/mol. The molecule has 2 heterocycles. The summed E-state index contributed by atoms with van der Waals surface area (Å²) in [7, 11) is 0. The van der Waals surface area contributed by atoms with Gasteiger partial charge in [0, 0.05) is 34.4 Å². The maximum absolute atomic E-state index is 13.2. The smallest absolute Gasteiger partial charge is 0.167 e. The standard InChI is InChI=1S/C26H28BrN3O2S/c1-16-10-12-20-23(14-16)32-29-25(20)19-9-7-6-8-18(19)22(30-33(31)26(3,4)5)15-21-17(2)11-13-24(27)28-21/h6-14,22,30H,15H2,1-5H3/t22-,33?/m0/s1. The van der Waals surface area contributed by atoms with E-state index in [4.69, 9.17) is 9.51 Å². The number of halogens is 1. The lowest BCUT2D eigenvalue weighted by atomic mass is 9.93. The maximum Gasteiger partial charge on any atom is 0.167 e. The van der Waals surface area contributed by atoms with Gasteiger partial charge >= 0.3 is 0 Å². The Morgan fingerprint density at radius 3 is 2.61 bits per heavy atom. The first-order chi connectivity index (χ1) is 15.6. The van der Waals surface area contributed by atoms with Crippen LogP contribution in [0.5, 0.6) is 0 Å². The Morgan fingerprint density at radius 1 is 1.09 bits per heavy atom. The third-order valence-corrected chi connectivity index (χ3v) is 7.64. The van der Waals surface area contributed by atoms with Crippen LogP contribution in [0.1, 0.15) is 49.2 Å². The second kappa shape index (κ2) is 9.58. The second-order valence-electron chi connectivity index (χ2n) is 9.27. The minimum absolute atomic E-state index is 0.237. The lowest BCUT2D eigenvalue weighted by Gasteiger charge is -2.29. The van der Waals surface area contributed by atoms with Crippen molar-refractivity contribution in [1.29, 1.82) is 0 Å². The van der Waals surface area contributed by atoms with Gasteiger partial charge in [0.15, 0.2) is 5.58 Å². The third-order valence-electron chi connectivity index (χ3n) is 5.59. The molecule has 0 fully saturated rings. The van der Waals surface area contributed by atoms with Gasteiger partial charge in [-0.1, -0.05) is 41.6 Å². The molecule has 0 saturated carbocycles. The Bertz CT molecular complexity index is 1280. The van der Waals surface area contributed by atoms with E-state index in [2.05, 4.69) is 37.9 Å². The highest BCUT2D eigenvalue weighted by Gasteiger charge is 2.32. The molecule has 33 heavy (non-hydrogen) atoms. The van der Waals surface area contributed by atoms with Gasteiger partial charge in [0.25, 0.3) is 0 Å². The normalized spacial score (nSPS) is 13.9. The van der Waals surface area contributed by atoms with Crippen LogP contribution in [0.3, 0.4) is 0 Å². The van der Waals surface area contributed by atoms with Crippen molar-refractivity contribution in [3.05, 3.63) is 81.6 Å². The molecule has 2 aromatic carbocycles. The van der Waals surface area contributed by atoms with Crippen LogP contribution in [0.25, 0.3) is 22.2 Å². The van der Waals surface area contributed by atoms with E-state index in [9.17, 15) is 4.55 Å². The van der Waals surface area contributed by atoms with Gasteiger partial charge in [-0.2, -0.15) is 0 Å². The summed E-state index contributed by atoms with van der Waals surface area (Å²) in [4.78, 5) is 4.70. The van der Waals surface area contributed by atoms with Crippen LogP contribution in [-0.2, 0) is 17.8 Å². The molecule has 2 aromatic heterocycles. The van der Waals surface area contributed by atoms with Crippen LogP contribution in [-0.4, -0.2) is 19.4 Å².